The van der Waals surface area contributed by atoms with Gasteiger partial charge in [-0.1, -0.05) is 30.7 Å². The van der Waals surface area contributed by atoms with E-state index in [2.05, 4.69) is 12.2 Å². The molecule has 0 bridgehead atoms. The predicted molar refractivity (Wildman–Crippen MR) is 104 cm³/mol. The highest BCUT2D eigenvalue weighted by Gasteiger charge is 2.17. The van der Waals surface area contributed by atoms with E-state index >= 15 is 0 Å². The molecule has 0 saturated heterocycles. The summed E-state index contributed by atoms with van der Waals surface area (Å²) < 4.78 is 15.7. The second-order valence-corrected chi connectivity index (χ2v) is 6.00. The summed E-state index contributed by atoms with van der Waals surface area (Å²) in [5.41, 5.74) is 1.97. The fraction of sp³-hybridized carbons (Fsp3) is 0.300. The van der Waals surface area contributed by atoms with Crippen molar-refractivity contribution in [3.63, 3.8) is 0 Å². The number of carbonyl (C=O) groups excluding carboxylic acids is 2. The van der Waals surface area contributed by atoms with Crippen LogP contribution in [0.3, 0.4) is 0 Å². The lowest BCUT2D eigenvalue weighted by Gasteiger charge is -2.13. The molecule has 6 nitrogen and oxygen atoms in total. The SMILES string of the molecule is CCOc1c(Cl)cc(C(=O)OCC(=O)Nc2ccc(CC)cc2)cc1OC. The number of carbonyl (C=O) groups is 2. The van der Waals surface area contributed by atoms with Crippen LogP contribution in [0.5, 0.6) is 11.5 Å². The maximum absolute atomic E-state index is 12.2. The largest absolute Gasteiger partial charge is 0.493 e. The number of rotatable bonds is 8. The molecular formula is C20H22ClNO5. The van der Waals surface area contributed by atoms with Crippen LogP contribution in [-0.4, -0.2) is 32.2 Å². The van der Waals surface area contributed by atoms with Crippen LogP contribution in [0.1, 0.15) is 29.8 Å². The molecule has 1 amide bonds. The molecule has 0 aromatic heterocycles. The number of anilines is 1. The van der Waals surface area contributed by atoms with E-state index in [0.29, 0.717) is 23.8 Å². The Hall–Kier alpha value is -2.73. The van der Waals surface area contributed by atoms with Gasteiger partial charge in [0.05, 0.1) is 24.3 Å². The van der Waals surface area contributed by atoms with Gasteiger partial charge in [-0.2, -0.15) is 0 Å². The maximum atomic E-state index is 12.2. The van der Waals surface area contributed by atoms with Crippen LogP contribution in [0.25, 0.3) is 0 Å². The third kappa shape index (κ3) is 5.62. The Bertz CT molecular complexity index is 805. The second kappa shape index (κ2) is 9.83. The molecule has 0 atom stereocenters. The highest BCUT2D eigenvalue weighted by Crippen LogP contribution is 2.36. The van der Waals surface area contributed by atoms with E-state index in [9.17, 15) is 9.59 Å². The minimum absolute atomic E-state index is 0.167. The molecule has 0 aliphatic rings. The summed E-state index contributed by atoms with van der Waals surface area (Å²) in [7, 11) is 1.44. The molecule has 0 aliphatic heterocycles. The van der Waals surface area contributed by atoms with Crippen LogP contribution in [0, 0.1) is 0 Å². The average molecular weight is 392 g/mol. The molecule has 2 aromatic rings. The first-order valence-corrected chi connectivity index (χ1v) is 8.92. The van der Waals surface area contributed by atoms with Crippen LogP contribution in [0.2, 0.25) is 5.02 Å². The van der Waals surface area contributed by atoms with E-state index in [-0.39, 0.29) is 10.6 Å². The van der Waals surface area contributed by atoms with E-state index in [4.69, 9.17) is 25.8 Å². The van der Waals surface area contributed by atoms with Crippen molar-refractivity contribution in [2.75, 3.05) is 25.6 Å². The third-order valence-electron chi connectivity index (χ3n) is 3.73. The zero-order chi connectivity index (χ0) is 19.8. The summed E-state index contributed by atoms with van der Waals surface area (Å²) in [5, 5.41) is 2.90. The van der Waals surface area contributed by atoms with Crippen molar-refractivity contribution in [2.45, 2.75) is 20.3 Å². The molecule has 0 saturated carbocycles. The first-order valence-electron chi connectivity index (χ1n) is 8.54. The monoisotopic (exact) mass is 391 g/mol. The Kier molecular flexibility index (Phi) is 7.49. The van der Waals surface area contributed by atoms with E-state index in [1.165, 1.54) is 24.8 Å². The van der Waals surface area contributed by atoms with Crippen molar-refractivity contribution < 1.29 is 23.8 Å². The van der Waals surface area contributed by atoms with Crippen LogP contribution in [-0.2, 0) is 16.0 Å². The van der Waals surface area contributed by atoms with Gasteiger partial charge < -0.3 is 19.5 Å². The quantitative estimate of drug-likeness (QED) is 0.685. The smallest absolute Gasteiger partial charge is 0.338 e. The minimum Gasteiger partial charge on any atom is -0.493 e. The Balaban J connectivity index is 1.98. The number of amides is 1. The molecule has 7 heteroatoms. The van der Waals surface area contributed by atoms with Gasteiger partial charge in [-0.15, -0.1) is 0 Å². The van der Waals surface area contributed by atoms with Crippen molar-refractivity contribution in [3.05, 3.63) is 52.5 Å². The van der Waals surface area contributed by atoms with E-state index in [0.717, 1.165) is 6.42 Å². The molecule has 0 aliphatic carbocycles. The molecule has 144 valence electrons. The first kappa shape index (κ1) is 20.6. The van der Waals surface area contributed by atoms with E-state index in [1.54, 1.807) is 12.1 Å². The molecule has 2 rings (SSSR count). The van der Waals surface area contributed by atoms with Crippen molar-refractivity contribution in [2.24, 2.45) is 0 Å². The number of ether oxygens (including phenoxy) is 3. The first-order chi connectivity index (χ1) is 13.0. The summed E-state index contributed by atoms with van der Waals surface area (Å²) in [6.45, 7) is 3.85. The summed E-state index contributed by atoms with van der Waals surface area (Å²) in [6.07, 6.45) is 0.917. The van der Waals surface area contributed by atoms with Gasteiger partial charge in [0.25, 0.3) is 5.91 Å². The fourth-order valence-electron chi connectivity index (χ4n) is 2.36. The van der Waals surface area contributed by atoms with Gasteiger partial charge >= 0.3 is 5.97 Å². The van der Waals surface area contributed by atoms with Crippen LogP contribution >= 0.6 is 11.6 Å². The zero-order valence-electron chi connectivity index (χ0n) is 15.5. The van der Waals surface area contributed by atoms with Crippen LogP contribution in [0.4, 0.5) is 5.69 Å². The van der Waals surface area contributed by atoms with Crippen molar-refractivity contribution in [3.8, 4) is 11.5 Å². The van der Waals surface area contributed by atoms with Gasteiger partial charge in [-0.05, 0) is 43.2 Å². The van der Waals surface area contributed by atoms with Gasteiger partial charge in [-0.3, -0.25) is 4.79 Å². The van der Waals surface area contributed by atoms with Gasteiger partial charge in [-0.25, -0.2) is 4.79 Å². The maximum Gasteiger partial charge on any atom is 0.338 e. The topological polar surface area (TPSA) is 73.9 Å². The van der Waals surface area contributed by atoms with E-state index in [1.807, 2.05) is 19.1 Å². The second-order valence-electron chi connectivity index (χ2n) is 5.60. The number of halogens is 1. The highest BCUT2D eigenvalue weighted by atomic mass is 35.5. The number of hydrogen-bond acceptors (Lipinski definition) is 5. The molecule has 0 spiro atoms. The summed E-state index contributed by atoms with van der Waals surface area (Å²) in [5.74, 6) is -0.449. The Morgan fingerprint density at radius 1 is 1.11 bits per heavy atom. The Morgan fingerprint density at radius 2 is 1.81 bits per heavy atom. The lowest BCUT2D eigenvalue weighted by atomic mass is 10.1. The van der Waals surface area contributed by atoms with Crippen LogP contribution in [0.15, 0.2) is 36.4 Å². The third-order valence-corrected chi connectivity index (χ3v) is 4.01. The molecular weight excluding hydrogens is 370 g/mol. The number of benzene rings is 2. The summed E-state index contributed by atoms with van der Waals surface area (Å²) >= 11 is 6.14. The lowest BCUT2D eigenvalue weighted by Crippen LogP contribution is -2.21. The standard InChI is InChI=1S/C20H22ClNO5/c1-4-13-6-8-15(9-7-13)22-18(23)12-27-20(24)14-10-16(21)19(26-5-2)17(11-14)25-3/h6-11H,4-5,12H2,1-3H3,(H,22,23). The Morgan fingerprint density at radius 3 is 2.41 bits per heavy atom. The highest BCUT2D eigenvalue weighted by molar-refractivity contribution is 6.32. The van der Waals surface area contributed by atoms with Gasteiger partial charge in [0, 0.05) is 5.69 Å². The average Bonchev–Trinajstić information content (AvgIpc) is 2.68. The molecule has 0 fully saturated rings. The predicted octanol–water partition coefficient (Wildman–Crippen LogP) is 4.11. The molecule has 2 aromatic carbocycles. The van der Waals surface area contributed by atoms with Crippen molar-refractivity contribution >= 4 is 29.2 Å². The fourth-order valence-corrected chi connectivity index (χ4v) is 2.62. The summed E-state index contributed by atoms with van der Waals surface area (Å²) in [6, 6.07) is 10.3. The van der Waals surface area contributed by atoms with Gasteiger partial charge in [0.15, 0.2) is 18.1 Å². The van der Waals surface area contributed by atoms with Crippen molar-refractivity contribution in [1.82, 2.24) is 0 Å². The van der Waals surface area contributed by atoms with Crippen LogP contribution < -0.4 is 14.8 Å². The minimum atomic E-state index is -0.685. The normalized spacial score (nSPS) is 10.2. The van der Waals surface area contributed by atoms with Crippen molar-refractivity contribution in [1.29, 1.82) is 0 Å². The van der Waals surface area contributed by atoms with E-state index < -0.39 is 18.5 Å². The molecule has 0 unspecified atom stereocenters. The number of aryl methyl sites for hydroxylation is 1. The number of methoxy groups -OCH3 is 1. The number of hydrogen-bond donors (Lipinski definition) is 1. The zero-order valence-corrected chi connectivity index (χ0v) is 16.3. The number of nitrogens with one attached hydrogen (secondary N) is 1. The molecule has 0 radical (unpaired) electrons. The molecule has 27 heavy (non-hydrogen) atoms. The lowest BCUT2D eigenvalue weighted by molar-refractivity contribution is -0.119. The van der Waals surface area contributed by atoms with Gasteiger partial charge in [0.2, 0.25) is 0 Å². The Labute approximate surface area is 163 Å². The summed E-state index contributed by atoms with van der Waals surface area (Å²) in [4.78, 5) is 24.2. The van der Waals surface area contributed by atoms with Gasteiger partial charge in [0.1, 0.15) is 0 Å². The number of esters is 1. The molecule has 0 heterocycles. The molecule has 1 N–H and O–H groups in total.